The van der Waals surface area contributed by atoms with Crippen LogP contribution in [0.15, 0.2) is 56.6 Å². The fraction of sp³-hybridized carbons (Fsp3) is 0.391. The number of carbonyl (C=O) groups excluding carboxylic acids is 1. The van der Waals surface area contributed by atoms with Gasteiger partial charge in [0.25, 0.3) is 0 Å². The van der Waals surface area contributed by atoms with Crippen LogP contribution >= 0.6 is 0 Å². The number of sulfonamides is 1. The number of aromatic nitrogens is 1. The molecule has 0 spiro atoms. The van der Waals surface area contributed by atoms with E-state index in [9.17, 15) is 18.0 Å². The average Bonchev–Trinajstić information content (AvgIpc) is 3.08. The largest absolute Gasteiger partial charge is 0.420 e. The SMILES string of the molecule is CCc1ccccc1NC(=O)Cn1c(=O)oc2cc(S(=O)(=O)N3CCCCC3C)ccc21. The van der Waals surface area contributed by atoms with Crippen LogP contribution in [0.5, 0.6) is 0 Å². The van der Waals surface area contributed by atoms with E-state index in [-0.39, 0.29) is 29.0 Å². The Labute approximate surface area is 186 Å². The standard InChI is InChI=1S/C23H27N3O5S/c1-3-17-9-4-5-10-19(17)24-22(27)15-25-20-12-11-18(14-21(20)31-23(25)28)32(29,30)26-13-7-6-8-16(26)2/h4-5,9-12,14,16H,3,6-8,13,15H2,1-2H3,(H,24,27). The van der Waals surface area contributed by atoms with E-state index in [2.05, 4.69) is 5.32 Å². The van der Waals surface area contributed by atoms with E-state index in [1.54, 1.807) is 0 Å². The molecule has 3 aromatic rings. The second-order valence-corrected chi connectivity index (χ2v) is 9.99. The molecule has 1 saturated heterocycles. The van der Waals surface area contributed by atoms with Crippen LogP contribution in [-0.4, -0.2) is 35.8 Å². The van der Waals surface area contributed by atoms with E-state index in [0.29, 0.717) is 17.7 Å². The van der Waals surface area contributed by atoms with Gasteiger partial charge in [-0.2, -0.15) is 4.31 Å². The zero-order valence-corrected chi connectivity index (χ0v) is 19.0. The van der Waals surface area contributed by atoms with Crippen molar-refractivity contribution in [1.29, 1.82) is 0 Å². The number of carbonyl (C=O) groups is 1. The Morgan fingerprint density at radius 2 is 1.97 bits per heavy atom. The topological polar surface area (TPSA) is 102 Å². The number of nitrogens with zero attached hydrogens (tertiary/aromatic N) is 2. The van der Waals surface area contributed by atoms with E-state index in [0.717, 1.165) is 31.2 Å². The maximum Gasteiger partial charge on any atom is 0.420 e. The van der Waals surface area contributed by atoms with Gasteiger partial charge in [0.2, 0.25) is 15.9 Å². The van der Waals surface area contributed by atoms with Crippen LogP contribution in [0.3, 0.4) is 0 Å². The van der Waals surface area contributed by atoms with Crippen LogP contribution in [-0.2, 0) is 27.8 Å². The van der Waals surface area contributed by atoms with Crippen LogP contribution in [0.1, 0.15) is 38.7 Å². The first-order valence-corrected chi connectivity index (χ1v) is 12.3. The smallest absolute Gasteiger partial charge is 0.408 e. The van der Waals surface area contributed by atoms with Gasteiger partial charge in [-0.05, 0) is 49.9 Å². The molecule has 170 valence electrons. The van der Waals surface area contributed by atoms with Crippen molar-refractivity contribution < 1.29 is 17.6 Å². The van der Waals surface area contributed by atoms with Crippen molar-refractivity contribution in [2.45, 2.75) is 57.0 Å². The van der Waals surface area contributed by atoms with Crippen LogP contribution < -0.4 is 11.1 Å². The summed E-state index contributed by atoms with van der Waals surface area (Å²) in [6.07, 6.45) is 3.42. The minimum Gasteiger partial charge on any atom is -0.408 e. The number of oxazole rings is 1. The van der Waals surface area contributed by atoms with Crippen LogP contribution in [0.4, 0.5) is 5.69 Å². The molecular weight excluding hydrogens is 430 g/mol. The molecule has 4 rings (SSSR count). The van der Waals surface area contributed by atoms with Gasteiger partial charge in [-0.15, -0.1) is 0 Å². The molecule has 0 aliphatic carbocycles. The van der Waals surface area contributed by atoms with Crippen molar-refractivity contribution in [3.63, 3.8) is 0 Å². The number of anilines is 1. The lowest BCUT2D eigenvalue weighted by Crippen LogP contribution is -2.41. The summed E-state index contributed by atoms with van der Waals surface area (Å²) in [5.41, 5.74) is 2.21. The summed E-state index contributed by atoms with van der Waals surface area (Å²) >= 11 is 0. The van der Waals surface area contributed by atoms with Crippen LogP contribution in [0.25, 0.3) is 11.1 Å². The number of nitrogens with one attached hydrogen (secondary N) is 1. The third-order valence-electron chi connectivity index (χ3n) is 5.96. The first-order chi connectivity index (χ1) is 15.3. The Hall–Kier alpha value is -2.91. The molecule has 1 fully saturated rings. The minimum atomic E-state index is -3.69. The van der Waals surface area contributed by atoms with Crippen LogP contribution in [0, 0.1) is 0 Å². The van der Waals surface area contributed by atoms with E-state index < -0.39 is 15.8 Å². The Balaban J connectivity index is 1.60. The third-order valence-corrected chi connectivity index (χ3v) is 7.97. The van der Waals surface area contributed by atoms with Crippen molar-refractivity contribution >= 4 is 32.7 Å². The summed E-state index contributed by atoms with van der Waals surface area (Å²) < 4.78 is 34.2. The Kier molecular flexibility index (Phi) is 6.21. The van der Waals surface area contributed by atoms with Crippen molar-refractivity contribution in [2.24, 2.45) is 0 Å². The van der Waals surface area contributed by atoms with Gasteiger partial charge in [0.15, 0.2) is 5.58 Å². The monoisotopic (exact) mass is 457 g/mol. The molecular formula is C23H27N3O5S. The van der Waals surface area contributed by atoms with Crippen molar-refractivity contribution in [2.75, 3.05) is 11.9 Å². The molecule has 2 heterocycles. The highest BCUT2D eigenvalue weighted by atomic mass is 32.2. The summed E-state index contributed by atoms with van der Waals surface area (Å²) in [5, 5.41) is 2.83. The van der Waals surface area contributed by atoms with E-state index >= 15 is 0 Å². The van der Waals surface area contributed by atoms with Gasteiger partial charge in [-0.25, -0.2) is 13.2 Å². The van der Waals surface area contributed by atoms with Crippen molar-refractivity contribution in [3.8, 4) is 0 Å². The highest BCUT2D eigenvalue weighted by molar-refractivity contribution is 7.89. The van der Waals surface area contributed by atoms with Gasteiger partial charge in [0.05, 0.1) is 10.4 Å². The summed E-state index contributed by atoms with van der Waals surface area (Å²) in [7, 11) is -3.69. The molecule has 2 aromatic carbocycles. The normalized spacial score (nSPS) is 17.5. The maximum atomic E-state index is 13.1. The van der Waals surface area contributed by atoms with Gasteiger partial charge in [-0.3, -0.25) is 9.36 Å². The highest BCUT2D eigenvalue weighted by Crippen LogP contribution is 2.27. The Morgan fingerprint density at radius 3 is 2.72 bits per heavy atom. The van der Waals surface area contributed by atoms with Crippen molar-refractivity contribution in [1.82, 2.24) is 8.87 Å². The molecule has 1 aliphatic rings. The molecule has 1 atom stereocenters. The number of amides is 1. The average molecular weight is 458 g/mol. The molecule has 0 bridgehead atoms. The second-order valence-electron chi connectivity index (χ2n) is 8.10. The summed E-state index contributed by atoms with van der Waals surface area (Å²) in [6, 6.07) is 11.8. The lowest BCUT2D eigenvalue weighted by atomic mass is 10.1. The summed E-state index contributed by atoms with van der Waals surface area (Å²) in [4.78, 5) is 25.1. The predicted molar refractivity (Wildman–Crippen MR) is 122 cm³/mol. The van der Waals surface area contributed by atoms with E-state index in [1.165, 1.54) is 27.1 Å². The number of piperidine rings is 1. The summed E-state index contributed by atoms with van der Waals surface area (Å²) in [6.45, 7) is 4.14. The Bertz CT molecular complexity index is 1310. The number of fused-ring (bicyclic) bond motifs is 1. The number of hydrogen-bond donors (Lipinski definition) is 1. The number of benzene rings is 2. The fourth-order valence-corrected chi connectivity index (χ4v) is 5.92. The summed E-state index contributed by atoms with van der Waals surface area (Å²) in [5.74, 6) is -1.07. The van der Waals surface area contributed by atoms with Gasteiger partial charge >= 0.3 is 5.76 Å². The highest BCUT2D eigenvalue weighted by Gasteiger charge is 2.31. The molecule has 9 heteroatoms. The van der Waals surface area contributed by atoms with E-state index in [1.807, 2.05) is 38.1 Å². The van der Waals surface area contributed by atoms with Crippen molar-refractivity contribution in [3.05, 3.63) is 58.6 Å². The molecule has 1 unspecified atom stereocenters. The molecule has 32 heavy (non-hydrogen) atoms. The first kappa shape index (κ1) is 22.3. The molecule has 1 aliphatic heterocycles. The number of para-hydroxylation sites is 1. The quantitative estimate of drug-likeness (QED) is 0.612. The lowest BCUT2D eigenvalue weighted by Gasteiger charge is -2.32. The van der Waals surface area contributed by atoms with Crippen LogP contribution in [0.2, 0.25) is 0 Å². The minimum absolute atomic E-state index is 0.0734. The number of hydrogen-bond acceptors (Lipinski definition) is 5. The van der Waals surface area contributed by atoms with Gasteiger partial charge in [-0.1, -0.05) is 31.5 Å². The van der Waals surface area contributed by atoms with Gasteiger partial charge < -0.3 is 9.73 Å². The number of rotatable bonds is 6. The molecule has 8 nitrogen and oxygen atoms in total. The molecule has 1 aromatic heterocycles. The molecule has 1 N–H and O–H groups in total. The number of aryl methyl sites for hydroxylation is 1. The zero-order valence-electron chi connectivity index (χ0n) is 18.2. The molecule has 0 saturated carbocycles. The third kappa shape index (κ3) is 4.22. The maximum absolute atomic E-state index is 13.1. The first-order valence-electron chi connectivity index (χ1n) is 10.8. The lowest BCUT2D eigenvalue weighted by molar-refractivity contribution is -0.116. The fourth-order valence-electron chi connectivity index (χ4n) is 4.21. The van der Waals surface area contributed by atoms with E-state index in [4.69, 9.17) is 4.42 Å². The van der Waals surface area contributed by atoms with Gasteiger partial charge in [0, 0.05) is 24.3 Å². The zero-order chi connectivity index (χ0) is 22.9. The predicted octanol–water partition coefficient (Wildman–Crippen LogP) is 3.36. The molecule has 1 amide bonds. The Morgan fingerprint density at radius 1 is 1.19 bits per heavy atom. The second kappa shape index (κ2) is 8.91. The molecule has 0 radical (unpaired) electrons. The van der Waals surface area contributed by atoms with Gasteiger partial charge in [0.1, 0.15) is 6.54 Å².